The van der Waals surface area contributed by atoms with Crippen molar-refractivity contribution in [3.05, 3.63) is 86.4 Å². The quantitative estimate of drug-likeness (QED) is 0.400. The first-order valence-corrected chi connectivity index (χ1v) is 11.7. The van der Waals surface area contributed by atoms with E-state index in [1.807, 2.05) is 0 Å². The molecule has 2 aromatic carbocycles. The fraction of sp³-hybridized carbons (Fsp3) is 0.0833. The van der Waals surface area contributed by atoms with Gasteiger partial charge in [0.1, 0.15) is 5.75 Å². The van der Waals surface area contributed by atoms with Gasteiger partial charge in [-0.25, -0.2) is 4.98 Å². The lowest BCUT2D eigenvalue weighted by atomic mass is 10.1. The number of thioether (sulfide) groups is 1. The van der Waals surface area contributed by atoms with Gasteiger partial charge in [0, 0.05) is 6.07 Å². The number of carbonyl (C=O) groups is 3. The van der Waals surface area contributed by atoms with Crippen LogP contribution < -0.4 is 10.1 Å². The minimum atomic E-state index is -0.572. The number of hydrogen-bond donors (Lipinski definition) is 2. The van der Waals surface area contributed by atoms with Crippen LogP contribution in [0.3, 0.4) is 0 Å². The van der Waals surface area contributed by atoms with Crippen molar-refractivity contribution in [2.75, 3.05) is 12.4 Å². The summed E-state index contributed by atoms with van der Waals surface area (Å²) in [6.07, 6.45) is 2.91. The second kappa shape index (κ2) is 10.4. The molecular formula is C24H17Cl2N3O5S. The molecule has 0 radical (unpaired) electrons. The number of imide groups is 1. The zero-order chi connectivity index (χ0) is 25.1. The van der Waals surface area contributed by atoms with Gasteiger partial charge in [0.05, 0.1) is 46.1 Å². The van der Waals surface area contributed by atoms with Crippen molar-refractivity contribution in [3.8, 4) is 11.6 Å². The predicted octanol–water partition coefficient (Wildman–Crippen LogP) is 5.59. The molecule has 3 amide bonds. The maximum absolute atomic E-state index is 12.9. The molecule has 0 unspecified atom stereocenters. The largest absolute Gasteiger partial charge is 0.507 e. The summed E-state index contributed by atoms with van der Waals surface area (Å²) in [5, 5.41) is 13.1. The summed E-state index contributed by atoms with van der Waals surface area (Å²) in [5.41, 5.74) is 1.51. The van der Waals surface area contributed by atoms with Crippen molar-refractivity contribution in [2.45, 2.75) is 6.54 Å². The molecule has 2 heterocycles. The van der Waals surface area contributed by atoms with Crippen molar-refractivity contribution in [3.63, 3.8) is 0 Å². The monoisotopic (exact) mass is 529 g/mol. The molecule has 0 saturated carbocycles. The zero-order valence-corrected chi connectivity index (χ0v) is 20.4. The van der Waals surface area contributed by atoms with Crippen LogP contribution in [0.4, 0.5) is 10.5 Å². The lowest BCUT2D eigenvalue weighted by molar-refractivity contribution is -0.123. The normalized spacial score (nSPS) is 14.5. The maximum atomic E-state index is 12.9. The molecule has 0 atom stereocenters. The molecule has 2 N–H and O–H groups in total. The SMILES string of the molecule is COc1ccc(NC(=O)c2cc(/C=C3/SC(=O)N(Cc4ccc(Cl)c(Cl)c4)C3=O)ccc2O)cn1. The first kappa shape index (κ1) is 24.6. The van der Waals surface area contributed by atoms with Crippen LogP contribution in [0.5, 0.6) is 11.6 Å². The van der Waals surface area contributed by atoms with E-state index in [4.69, 9.17) is 27.9 Å². The molecule has 1 saturated heterocycles. The van der Waals surface area contributed by atoms with Crippen LogP contribution in [0.25, 0.3) is 6.08 Å². The van der Waals surface area contributed by atoms with E-state index < -0.39 is 17.1 Å². The Hall–Kier alpha value is -3.53. The molecule has 11 heteroatoms. The summed E-state index contributed by atoms with van der Waals surface area (Å²) in [5.74, 6) is -0.901. The molecule has 178 valence electrons. The number of amides is 3. The number of hydrogen-bond acceptors (Lipinski definition) is 7. The lowest BCUT2D eigenvalue weighted by Crippen LogP contribution is -2.27. The van der Waals surface area contributed by atoms with Gasteiger partial charge in [-0.1, -0.05) is 35.3 Å². The molecule has 35 heavy (non-hydrogen) atoms. The van der Waals surface area contributed by atoms with Crippen molar-refractivity contribution in [1.29, 1.82) is 0 Å². The Morgan fingerprint density at radius 3 is 2.63 bits per heavy atom. The minimum absolute atomic E-state index is 0.00963. The summed E-state index contributed by atoms with van der Waals surface area (Å²) in [6, 6.07) is 12.4. The number of anilines is 1. The Morgan fingerprint density at radius 1 is 1.14 bits per heavy atom. The van der Waals surface area contributed by atoms with E-state index >= 15 is 0 Å². The van der Waals surface area contributed by atoms with Crippen molar-refractivity contribution < 1.29 is 24.2 Å². The Kier molecular flexibility index (Phi) is 7.30. The topological polar surface area (TPSA) is 109 Å². The van der Waals surface area contributed by atoms with Gasteiger partial charge >= 0.3 is 0 Å². The third kappa shape index (κ3) is 5.59. The number of ether oxygens (including phenoxy) is 1. The van der Waals surface area contributed by atoms with Crippen LogP contribution in [0.1, 0.15) is 21.5 Å². The van der Waals surface area contributed by atoms with E-state index in [2.05, 4.69) is 10.3 Å². The molecule has 1 aliphatic heterocycles. The Balaban J connectivity index is 1.52. The van der Waals surface area contributed by atoms with Crippen molar-refractivity contribution >= 4 is 63.8 Å². The smallest absolute Gasteiger partial charge is 0.293 e. The van der Waals surface area contributed by atoms with Crippen LogP contribution in [0, 0.1) is 0 Å². The molecule has 8 nitrogen and oxygen atoms in total. The third-order valence-electron chi connectivity index (χ3n) is 4.96. The number of aromatic nitrogens is 1. The Morgan fingerprint density at radius 2 is 1.94 bits per heavy atom. The van der Waals surface area contributed by atoms with Crippen LogP contribution in [-0.4, -0.2) is 39.2 Å². The van der Waals surface area contributed by atoms with Gasteiger partial charge in [-0.15, -0.1) is 0 Å². The number of benzene rings is 2. The lowest BCUT2D eigenvalue weighted by Gasteiger charge is -2.13. The van der Waals surface area contributed by atoms with Gasteiger partial charge in [0.25, 0.3) is 17.1 Å². The second-order valence-corrected chi connectivity index (χ2v) is 9.14. The number of phenolic OH excluding ortho intramolecular Hbond substituents is 1. The summed E-state index contributed by atoms with van der Waals surface area (Å²) < 4.78 is 4.99. The maximum Gasteiger partial charge on any atom is 0.293 e. The highest BCUT2D eigenvalue weighted by atomic mass is 35.5. The van der Waals surface area contributed by atoms with E-state index in [1.165, 1.54) is 37.6 Å². The fourth-order valence-corrected chi connectivity index (χ4v) is 4.37. The van der Waals surface area contributed by atoms with Crippen molar-refractivity contribution in [1.82, 2.24) is 9.88 Å². The Labute approximate surface area is 214 Å². The number of aromatic hydroxyl groups is 1. The number of methoxy groups -OCH3 is 1. The third-order valence-corrected chi connectivity index (χ3v) is 6.61. The molecule has 3 aromatic rings. The van der Waals surface area contributed by atoms with Gasteiger partial charge in [-0.05, 0) is 59.3 Å². The number of rotatable bonds is 6. The molecule has 1 aliphatic rings. The first-order valence-electron chi connectivity index (χ1n) is 10.1. The van der Waals surface area contributed by atoms with Crippen molar-refractivity contribution in [2.24, 2.45) is 0 Å². The van der Waals surface area contributed by atoms with Gasteiger partial charge in [0.15, 0.2) is 0 Å². The van der Waals surface area contributed by atoms with Gasteiger partial charge in [-0.2, -0.15) is 0 Å². The molecule has 0 spiro atoms. The molecule has 0 aliphatic carbocycles. The van der Waals surface area contributed by atoms with E-state index in [0.29, 0.717) is 32.7 Å². The number of pyridine rings is 1. The average molecular weight is 530 g/mol. The number of carbonyl (C=O) groups excluding carboxylic acids is 3. The van der Waals surface area contributed by atoms with Crippen LogP contribution in [-0.2, 0) is 11.3 Å². The van der Waals surface area contributed by atoms with E-state index in [-0.39, 0.29) is 22.8 Å². The number of phenols is 1. The predicted molar refractivity (Wildman–Crippen MR) is 135 cm³/mol. The second-order valence-electron chi connectivity index (χ2n) is 7.34. The van der Waals surface area contributed by atoms with Crippen LogP contribution in [0.2, 0.25) is 10.0 Å². The van der Waals surface area contributed by atoms with E-state index in [9.17, 15) is 19.5 Å². The van der Waals surface area contributed by atoms with Gasteiger partial charge < -0.3 is 15.2 Å². The number of halogens is 2. The summed E-state index contributed by atoms with van der Waals surface area (Å²) in [6.45, 7) is 0.0397. The summed E-state index contributed by atoms with van der Waals surface area (Å²) >= 11 is 12.7. The minimum Gasteiger partial charge on any atom is -0.507 e. The molecule has 1 aromatic heterocycles. The van der Waals surface area contributed by atoms with E-state index in [0.717, 1.165) is 16.7 Å². The fourth-order valence-electron chi connectivity index (χ4n) is 3.21. The zero-order valence-electron chi connectivity index (χ0n) is 18.1. The highest BCUT2D eigenvalue weighted by Gasteiger charge is 2.35. The number of nitrogens with zero attached hydrogens (tertiary/aromatic N) is 2. The van der Waals surface area contributed by atoms with Gasteiger partial charge in [-0.3, -0.25) is 19.3 Å². The first-order chi connectivity index (χ1) is 16.7. The standard InChI is InChI=1S/C24H17Cl2N3O5S/c1-34-21-7-4-15(11-27-21)28-22(31)16-8-13(3-6-19(16)30)10-20-23(32)29(24(33)35-20)12-14-2-5-17(25)18(26)9-14/h2-11,30H,12H2,1H3,(H,28,31)/b20-10+. The molecule has 0 bridgehead atoms. The van der Waals surface area contributed by atoms with E-state index in [1.54, 1.807) is 30.3 Å². The highest BCUT2D eigenvalue weighted by Crippen LogP contribution is 2.34. The average Bonchev–Trinajstić information content (AvgIpc) is 3.10. The molecule has 4 rings (SSSR count). The van der Waals surface area contributed by atoms with Crippen LogP contribution >= 0.6 is 35.0 Å². The van der Waals surface area contributed by atoms with Gasteiger partial charge in [0.2, 0.25) is 5.88 Å². The highest BCUT2D eigenvalue weighted by molar-refractivity contribution is 8.18. The summed E-state index contributed by atoms with van der Waals surface area (Å²) in [7, 11) is 1.48. The number of nitrogens with one attached hydrogen (secondary N) is 1. The molecular weight excluding hydrogens is 513 g/mol. The Bertz CT molecular complexity index is 1360. The summed E-state index contributed by atoms with van der Waals surface area (Å²) in [4.78, 5) is 43.3. The van der Waals surface area contributed by atoms with Crippen LogP contribution in [0.15, 0.2) is 59.6 Å². The molecule has 1 fully saturated rings.